The highest BCUT2D eigenvalue weighted by Gasteiger charge is 2.23. The van der Waals surface area contributed by atoms with Crippen molar-refractivity contribution in [3.8, 4) is 0 Å². The Kier molecular flexibility index (Phi) is 6.01. The summed E-state index contributed by atoms with van der Waals surface area (Å²) < 4.78 is 1.08. The van der Waals surface area contributed by atoms with E-state index in [0.29, 0.717) is 19.1 Å². The van der Waals surface area contributed by atoms with Crippen LogP contribution in [0.25, 0.3) is 0 Å². The van der Waals surface area contributed by atoms with Crippen molar-refractivity contribution >= 4 is 21.8 Å². The van der Waals surface area contributed by atoms with Crippen molar-refractivity contribution in [1.29, 1.82) is 0 Å². The highest BCUT2D eigenvalue weighted by atomic mass is 79.9. The van der Waals surface area contributed by atoms with Gasteiger partial charge in [-0.1, -0.05) is 61.8 Å². The van der Waals surface area contributed by atoms with Gasteiger partial charge in [0.2, 0.25) is 5.91 Å². The average Bonchev–Trinajstić information content (AvgIpc) is 2.34. The Labute approximate surface area is 124 Å². The molecule has 0 spiro atoms. The molecule has 19 heavy (non-hydrogen) atoms. The van der Waals surface area contributed by atoms with Crippen LogP contribution in [-0.4, -0.2) is 25.0 Å². The summed E-state index contributed by atoms with van der Waals surface area (Å²) in [5.74, 6) is 0.0360. The Morgan fingerprint density at radius 2 is 1.95 bits per heavy atom. The topological polar surface area (TPSA) is 41.1 Å². The molecule has 0 saturated heterocycles. The first-order valence-corrected chi connectivity index (χ1v) is 7.37. The summed E-state index contributed by atoms with van der Waals surface area (Å²) in [4.78, 5) is 11.7. The predicted molar refractivity (Wildman–Crippen MR) is 83.3 cm³/mol. The Morgan fingerprint density at radius 1 is 1.32 bits per heavy atom. The van der Waals surface area contributed by atoms with Gasteiger partial charge < -0.3 is 10.6 Å². The maximum Gasteiger partial charge on any atom is 0.233 e. The van der Waals surface area contributed by atoms with Gasteiger partial charge in [0, 0.05) is 22.5 Å². The van der Waals surface area contributed by atoms with E-state index in [1.165, 1.54) is 5.56 Å². The van der Waals surface area contributed by atoms with Crippen LogP contribution < -0.4 is 10.6 Å². The first-order chi connectivity index (χ1) is 8.83. The van der Waals surface area contributed by atoms with E-state index in [0.717, 1.165) is 4.47 Å². The van der Waals surface area contributed by atoms with Gasteiger partial charge in [0.25, 0.3) is 0 Å². The molecule has 0 heterocycles. The Morgan fingerprint density at radius 3 is 2.53 bits per heavy atom. The second-order valence-electron chi connectivity index (χ2n) is 5.68. The summed E-state index contributed by atoms with van der Waals surface area (Å²) in [7, 11) is 0. The lowest BCUT2D eigenvalue weighted by Gasteiger charge is -2.27. The number of benzene rings is 1. The standard InChI is InChI=1S/C15H23BrN2O/c1-11(2)17-9-14(19)18-10-15(3,4)12-7-5-6-8-13(12)16/h5-8,11,17H,9-10H2,1-4H3,(H,18,19). The minimum atomic E-state index is -0.104. The molecule has 0 bridgehead atoms. The first kappa shape index (κ1) is 16.2. The fourth-order valence-corrected chi connectivity index (χ4v) is 2.61. The monoisotopic (exact) mass is 326 g/mol. The number of carbonyl (C=O) groups excluding carboxylic acids is 1. The second-order valence-corrected chi connectivity index (χ2v) is 6.53. The molecule has 0 aliphatic rings. The van der Waals surface area contributed by atoms with Gasteiger partial charge in [-0.15, -0.1) is 0 Å². The largest absolute Gasteiger partial charge is 0.354 e. The molecule has 106 valence electrons. The van der Waals surface area contributed by atoms with E-state index < -0.39 is 0 Å². The van der Waals surface area contributed by atoms with Crippen LogP contribution in [0, 0.1) is 0 Å². The van der Waals surface area contributed by atoms with Crippen molar-refractivity contribution in [2.24, 2.45) is 0 Å². The molecule has 0 atom stereocenters. The van der Waals surface area contributed by atoms with Crippen molar-refractivity contribution < 1.29 is 4.79 Å². The molecule has 0 aliphatic carbocycles. The van der Waals surface area contributed by atoms with Gasteiger partial charge in [-0.3, -0.25) is 4.79 Å². The van der Waals surface area contributed by atoms with Crippen molar-refractivity contribution in [3.63, 3.8) is 0 Å². The third kappa shape index (κ3) is 5.33. The predicted octanol–water partition coefficient (Wildman–Crippen LogP) is 2.84. The van der Waals surface area contributed by atoms with Crippen LogP contribution in [0.1, 0.15) is 33.3 Å². The van der Waals surface area contributed by atoms with E-state index in [9.17, 15) is 4.79 Å². The minimum Gasteiger partial charge on any atom is -0.354 e. The van der Waals surface area contributed by atoms with Crippen LogP contribution in [0.2, 0.25) is 0 Å². The molecule has 0 aromatic heterocycles. The van der Waals surface area contributed by atoms with Gasteiger partial charge in [-0.05, 0) is 11.6 Å². The van der Waals surface area contributed by atoms with Crippen LogP contribution in [0.3, 0.4) is 0 Å². The molecule has 0 aliphatic heterocycles. The molecule has 4 heteroatoms. The van der Waals surface area contributed by atoms with E-state index in [4.69, 9.17) is 0 Å². The summed E-state index contributed by atoms with van der Waals surface area (Å²) in [6.45, 7) is 9.29. The zero-order valence-electron chi connectivity index (χ0n) is 12.1. The van der Waals surface area contributed by atoms with E-state index >= 15 is 0 Å². The summed E-state index contributed by atoms with van der Waals surface area (Å²) in [5.41, 5.74) is 1.10. The van der Waals surface area contributed by atoms with E-state index in [2.05, 4.69) is 46.5 Å². The quantitative estimate of drug-likeness (QED) is 0.844. The molecule has 3 nitrogen and oxygen atoms in total. The fraction of sp³-hybridized carbons (Fsp3) is 0.533. The number of amides is 1. The third-order valence-corrected chi connectivity index (χ3v) is 3.69. The number of carbonyl (C=O) groups is 1. The van der Waals surface area contributed by atoms with Crippen molar-refractivity contribution in [2.45, 2.75) is 39.2 Å². The number of rotatable bonds is 6. The second kappa shape index (κ2) is 7.06. The van der Waals surface area contributed by atoms with Gasteiger partial charge in [-0.25, -0.2) is 0 Å². The smallest absolute Gasteiger partial charge is 0.233 e. The van der Waals surface area contributed by atoms with Gasteiger partial charge in [0.1, 0.15) is 0 Å². The zero-order valence-corrected chi connectivity index (χ0v) is 13.7. The maximum absolute atomic E-state index is 11.7. The molecule has 1 aromatic rings. The summed E-state index contributed by atoms with van der Waals surface area (Å²) >= 11 is 3.56. The number of hydrogen-bond donors (Lipinski definition) is 2. The Bertz CT molecular complexity index is 430. The van der Waals surface area contributed by atoms with Gasteiger partial charge in [-0.2, -0.15) is 0 Å². The molecular weight excluding hydrogens is 304 g/mol. The van der Waals surface area contributed by atoms with E-state index in [1.807, 2.05) is 32.0 Å². The van der Waals surface area contributed by atoms with Crippen LogP contribution in [0.5, 0.6) is 0 Å². The molecule has 2 N–H and O–H groups in total. The summed E-state index contributed by atoms with van der Waals surface area (Å²) in [6.07, 6.45) is 0. The Balaban J connectivity index is 2.56. The molecule has 1 amide bonds. The number of nitrogens with one attached hydrogen (secondary N) is 2. The fourth-order valence-electron chi connectivity index (χ4n) is 1.78. The van der Waals surface area contributed by atoms with Crippen LogP contribution in [0.15, 0.2) is 28.7 Å². The van der Waals surface area contributed by atoms with Crippen molar-refractivity contribution in [2.75, 3.05) is 13.1 Å². The molecule has 0 fully saturated rings. The van der Waals surface area contributed by atoms with Gasteiger partial charge in [0.05, 0.1) is 6.54 Å². The highest BCUT2D eigenvalue weighted by molar-refractivity contribution is 9.10. The minimum absolute atomic E-state index is 0.0360. The highest BCUT2D eigenvalue weighted by Crippen LogP contribution is 2.29. The summed E-state index contributed by atoms with van der Waals surface area (Å²) in [5, 5.41) is 6.09. The number of hydrogen-bond acceptors (Lipinski definition) is 2. The van der Waals surface area contributed by atoms with Gasteiger partial charge in [0.15, 0.2) is 0 Å². The molecule has 0 radical (unpaired) electrons. The first-order valence-electron chi connectivity index (χ1n) is 6.58. The van der Waals surface area contributed by atoms with Crippen LogP contribution in [0.4, 0.5) is 0 Å². The average molecular weight is 327 g/mol. The molecule has 1 aromatic carbocycles. The molecule has 0 saturated carbocycles. The van der Waals surface area contributed by atoms with Crippen LogP contribution in [-0.2, 0) is 10.2 Å². The van der Waals surface area contributed by atoms with Crippen LogP contribution >= 0.6 is 15.9 Å². The van der Waals surface area contributed by atoms with Crippen molar-refractivity contribution in [3.05, 3.63) is 34.3 Å². The lowest BCUT2D eigenvalue weighted by Crippen LogP contribution is -2.42. The lowest BCUT2D eigenvalue weighted by atomic mass is 9.84. The summed E-state index contributed by atoms with van der Waals surface area (Å²) in [6, 6.07) is 8.45. The maximum atomic E-state index is 11.7. The van der Waals surface area contributed by atoms with E-state index in [1.54, 1.807) is 0 Å². The molecule has 0 unspecified atom stereocenters. The molecule has 1 rings (SSSR count). The lowest BCUT2D eigenvalue weighted by molar-refractivity contribution is -0.120. The zero-order chi connectivity index (χ0) is 14.5. The SMILES string of the molecule is CC(C)NCC(=O)NCC(C)(C)c1ccccc1Br. The van der Waals surface area contributed by atoms with E-state index in [-0.39, 0.29) is 11.3 Å². The van der Waals surface area contributed by atoms with Gasteiger partial charge >= 0.3 is 0 Å². The third-order valence-electron chi connectivity index (χ3n) is 3.00. The molecular formula is C15H23BrN2O. The Hall–Kier alpha value is -0.870. The normalized spacial score (nSPS) is 11.7. The van der Waals surface area contributed by atoms with Crippen molar-refractivity contribution in [1.82, 2.24) is 10.6 Å². The number of halogens is 1.